The van der Waals surface area contributed by atoms with Gasteiger partial charge in [-0.3, -0.25) is 4.90 Å². The van der Waals surface area contributed by atoms with E-state index in [9.17, 15) is 0 Å². The van der Waals surface area contributed by atoms with Crippen LogP contribution in [-0.2, 0) is 16.0 Å². The molecule has 3 aromatic rings. The fraction of sp³-hybridized carbons (Fsp3) is 0.286. The standard InChI is InChI=1S/C28H31NOSi/c1-28(2)26-15-9-10-16-27(26)31(28,25-13-7-4-8-14-25)30-22-24-17-19-29(20-18-24)21-23-11-5-3-6-12-23/h3-17H,18-22H2,1-2H3. The maximum absolute atomic E-state index is 7.04. The van der Waals surface area contributed by atoms with Crippen molar-refractivity contribution < 1.29 is 4.43 Å². The number of hydrogen-bond acceptors (Lipinski definition) is 2. The van der Waals surface area contributed by atoms with Gasteiger partial charge in [-0.1, -0.05) is 105 Å². The molecule has 2 heterocycles. The van der Waals surface area contributed by atoms with Gasteiger partial charge in [-0.05, 0) is 33.5 Å². The van der Waals surface area contributed by atoms with Gasteiger partial charge >= 0.3 is 0 Å². The number of fused-ring (bicyclic) bond motifs is 1. The van der Waals surface area contributed by atoms with Gasteiger partial charge in [-0.15, -0.1) is 0 Å². The zero-order valence-electron chi connectivity index (χ0n) is 18.6. The summed E-state index contributed by atoms with van der Waals surface area (Å²) in [5, 5.41) is 2.91. The first kappa shape index (κ1) is 20.4. The van der Waals surface area contributed by atoms with E-state index in [0.717, 1.165) is 32.7 Å². The third-order valence-corrected chi connectivity index (χ3v) is 12.1. The van der Waals surface area contributed by atoms with E-state index in [1.807, 2.05) is 0 Å². The van der Waals surface area contributed by atoms with Gasteiger partial charge in [0.1, 0.15) is 0 Å². The fourth-order valence-electron chi connectivity index (χ4n) is 5.40. The van der Waals surface area contributed by atoms with Crippen molar-refractivity contribution >= 4 is 18.7 Å². The zero-order chi connectivity index (χ0) is 21.3. The Morgan fingerprint density at radius 2 is 1.55 bits per heavy atom. The van der Waals surface area contributed by atoms with Crippen molar-refractivity contribution in [1.29, 1.82) is 0 Å². The summed E-state index contributed by atoms with van der Waals surface area (Å²) >= 11 is 0. The summed E-state index contributed by atoms with van der Waals surface area (Å²) in [6, 6.07) is 30.7. The van der Waals surface area contributed by atoms with Crippen molar-refractivity contribution in [1.82, 2.24) is 4.90 Å². The van der Waals surface area contributed by atoms with Crippen LogP contribution in [0.5, 0.6) is 0 Å². The molecule has 2 aliphatic rings. The molecule has 0 amide bonds. The number of nitrogens with zero attached hydrogens (tertiary/aromatic N) is 1. The lowest BCUT2D eigenvalue weighted by atomic mass is 10.0. The second-order valence-electron chi connectivity index (χ2n) is 9.34. The quantitative estimate of drug-likeness (QED) is 0.428. The van der Waals surface area contributed by atoms with Crippen molar-refractivity contribution in [3.63, 3.8) is 0 Å². The second kappa shape index (κ2) is 8.23. The monoisotopic (exact) mass is 425 g/mol. The van der Waals surface area contributed by atoms with Crippen LogP contribution in [0.25, 0.3) is 0 Å². The molecular weight excluding hydrogens is 394 g/mol. The Morgan fingerprint density at radius 1 is 0.871 bits per heavy atom. The average Bonchev–Trinajstić information content (AvgIpc) is 2.82. The molecule has 3 heteroatoms. The van der Waals surface area contributed by atoms with Gasteiger partial charge < -0.3 is 4.43 Å². The van der Waals surface area contributed by atoms with E-state index < -0.39 is 8.32 Å². The lowest BCUT2D eigenvalue weighted by Gasteiger charge is -2.55. The first-order valence-corrected chi connectivity index (χ1v) is 13.3. The maximum Gasteiger partial charge on any atom is 0.266 e. The first-order valence-electron chi connectivity index (χ1n) is 11.3. The van der Waals surface area contributed by atoms with Crippen LogP contribution in [0.2, 0.25) is 0 Å². The Hall–Kier alpha value is -2.46. The van der Waals surface area contributed by atoms with Crippen molar-refractivity contribution in [2.24, 2.45) is 0 Å². The second-order valence-corrected chi connectivity index (χ2v) is 13.4. The summed E-state index contributed by atoms with van der Waals surface area (Å²) in [5.41, 5.74) is 4.29. The van der Waals surface area contributed by atoms with E-state index in [4.69, 9.17) is 4.43 Å². The molecule has 31 heavy (non-hydrogen) atoms. The summed E-state index contributed by atoms with van der Waals surface area (Å²) in [6.45, 7) is 8.64. The minimum atomic E-state index is -2.28. The molecule has 0 bridgehead atoms. The van der Waals surface area contributed by atoms with Gasteiger partial charge in [0.05, 0.1) is 6.61 Å². The molecule has 1 unspecified atom stereocenters. The van der Waals surface area contributed by atoms with E-state index in [-0.39, 0.29) is 5.04 Å². The van der Waals surface area contributed by atoms with Gasteiger partial charge in [-0.2, -0.15) is 0 Å². The molecule has 0 N–H and O–H groups in total. The van der Waals surface area contributed by atoms with Crippen molar-refractivity contribution in [3.05, 3.63) is 108 Å². The van der Waals surface area contributed by atoms with Crippen LogP contribution in [0.4, 0.5) is 0 Å². The molecule has 5 rings (SSSR count). The molecule has 0 saturated heterocycles. The fourth-order valence-corrected chi connectivity index (χ4v) is 10.4. The van der Waals surface area contributed by atoms with E-state index in [0.29, 0.717) is 0 Å². The summed E-state index contributed by atoms with van der Waals surface area (Å²) in [7, 11) is -2.28. The minimum Gasteiger partial charge on any atom is -0.403 e. The van der Waals surface area contributed by atoms with Crippen molar-refractivity contribution in [2.45, 2.75) is 31.9 Å². The molecule has 0 saturated carbocycles. The van der Waals surface area contributed by atoms with E-state index in [2.05, 4.69) is 110 Å². The summed E-state index contributed by atoms with van der Waals surface area (Å²) in [6.07, 6.45) is 3.49. The van der Waals surface area contributed by atoms with Crippen molar-refractivity contribution in [2.75, 3.05) is 19.7 Å². The predicted octanol–water partition coefficient (Wildman–Crippen LogP) is 4.43. The van der Waals surface area contributed by atoms with Gasteiger partial charge in [-0.25, -0.2) is 0 Å². The topological polar surface area (TPSA) is 12.5 Å². The average molecular weight is 426 g/mol. The van der Waals surface area contributed by atoms with Crippen LogP contribution in [0.1, 0.15) is 31.4 Å². The minimum absolute atomic E-state index is 0.0690. The van der Waals surface area contributed by atoms with E-state index in [1.165, 1.54) is 27.1 Å². The Kier molecular flexibility index (Phi) is 5.43. The Morgan fingerprint density at radius 3 is 2.26 bits per heavy atom. The third kappa shape index (κ3) is 3.51. The highest BCUT2D eigenvalue weighted by Crippen LogP contribution is 2.42. The molecule has 3 aromatic carbocycles. The highest BCUT2D eigenvalue weighted by molar-refractivity contribution is 7.03. The molecule has 2 aliphatic heterocycles. The Labute approximate surface area is 187 Å². The van der Waals surface area contributed by atoms with Crippen molar-refractivity contribution in [3.8, 4) is 0 Å². The Bertz CT molecular complexity index is 1080. The lowest BCUT2D eigenvalue weighted by Crippen LogP contribution is -2.80. The van der Waals surface area contributed by atoms with Crippen LogP contribution in [-0.4, -0.2) is 32.9 Å². The Balaban J connectivity index is 1.34. The molecule has 2 nitrogen and oxygen atoms in total. The van der Waals surface area contributed by atoms with Crippen LogP contribution in [0, 0.1) is 0 Å². The lowest BCUT2D eigenvalue weighted by molar-refractivity contribution is 0.264. The molecule has 0 fully saturated rings. The largest absolute Gasteiger partial charge is 0.403 e. The molecule has 0 aliphatic carbocycles. The number of rotatable bonds is 6. The number of benzene rings is 3. The molecule has 0 radical (unpaired) electrons. The zero-order valence-corrected chi connectivity index (χ0v) is 19.6. The highest BCUT2D eigenvalue weighted by atomic mass is 28.4. The summed E-state index contributed by atoms with van der Waals surface area (Å²) in [4.78, 5) is 2.52. The third-order valence-electron chi connectivity index (χ3n) is 7.15. The number of hydrogen-bond donors (Lipinski definition) is 0. The summed E-state index contributed by atoms with van der Waals surface area (Å²) < 4.78 is 7.04. The van der Waals surface area contributed by atoms with Gasteiger partial charge in [0.25, 0.3) is 8.32 Å². The normalized spacial score (nSPS) is 22.3. The molecule has 1 atom stereocenters. The van der Waals surface area contributed by atoms with Crippen LogP contribution < -0.4 is 10.4 Å². The first-order chi connectivity index (χ1) is 15.1. The highest BCUT2D eigenvalue weighted by Gasteiger charge is 2.62. The molecule has 0 spiro atoms. The van der Waals surface area contributed by atoms with E-state index >= 15 is 0 Å². The van der Waals surface area contributed by atoms with Gasteiger partial charge in [0.15, 0.2) is 0 Å². The van der Waals surface area contributed by atoms with Crippen LogP contribution in [0.15, 0.2) is 96.6 Å². The SMILES string of the molecule is CC1(C)c2ccccc2[Si]1(OCC1=CCN(Cc2ccccc2)CC1)c1ccccc1. The van der Waals surface area contributed by atoms with Crippen LogP contribution >= 0.6 is 0 Å². The van der Waals surface area contributed by atoms with Crippen LogP contribution in [0.3, 0.4) is 0 Å². The predicted molar refractivity (Wildman–Crippen MR) is 131 cm³/mol. The molecular formula is C28H31NOSi. The molecule has 158 valence electrons. The maximum atomic E-state index is 7.04. The van der Waals surface area contributed by atoms with E-state index in [1.54, 1.807) is 0 Å². The van der Waals surface area contributed by atoms with Gasteiger partial charge in [0, 0.05) is 24.7 Å². The smallest absolute Gasteiger partial charge is 0.266 e. The summed E-state index contributed by atoms with van der Waals surface area (Å²) in [5.74, 6) is 0. The van der Waals surface area contributed by atoms with Gasteiger partial charge in [0.2, 0.25) is 0 Å². The molecule has 0 aromatic heterocycles.